The average Bonchev–Trinajstić information content (AvgIpc) is 3.33. The summed E-state index contributed by atoms with van der Waals surface area (Å²) in [6.07, 6.45) is 6.09. The molecule has 1 aliphatic carbocycles. The van der Waals surface area contributed by atoms with Crippen LogP contribution in [0.3, 0.4) is 0 Å². The second-order valence-corrected chi connectivity index (χ2v) is 6.20. The van der Waals surface area contributed by atoms with Crippen LogP contribution in [-0.4, -0.2) is 33.3 Å². The summed E-state index contributed by atoms with van der Waals surface area (Å²) in [5.41, 5.74) is 0.230. The highest BCUT2D eigenvalue weighted by Crippen LogP contribution is 2.37. The minimum absolute atomic E-state index is 0.0319. The van der Waals surface area contributed by atoms with Gasteiger partial charge in [-0.05, 0) is 49.8 Å². The molecule has 0 bridgehead atoms. The van der Waals surface area contributed by atoms with Gasteiger partial charge in [0.15, 0.2) is 0 Å². The van der Waals surface area contributed by atoms with Crippen LogP contribution in [0.2, 0.25) is 0 Å². The smallest absolute Gasteiger partial charge is 0.246 e. The molecule has 2 heterocycles. The van der Waals surface area contributed by atoms with E-state index in [4.69, 9.17) is 0 Å². The number of hydrogen-bond acceptors (Lipinski definition) is 3. The number of nitrogens with zero attached hydrogens (tertiary/aromatic N) is 2. The number of amides is 2. The lowest BCUT2D eigenvalue weighted by atomic mass is 9.89. The van der Waals surface area contributed by atoms with Gasteiger partial charge < -0.3 is 10.2 Å². The molecule has 0 radical (unpaired) electrons. The normalized spacial score (nSPS) is 29.4. The maximum Gasteiger partial charge on any atom is 0.246 e. The summed E-state index contributed by atoms with van der Waals surface area (Å²) >= 11 is 0. The van der Waals surface area contributed by atoms with Crippen LogP contribution in [0.4, 0.5) is 0 Å². The van der Waals surface area contributed by atoms with Crippen molar-refractivity contribution in [3.63, 3.8) is 0 Å². The molecule has 2 unspecified atom stereocenters. The summed E-state index contributed by atoms with van der Waals surface area (Å²) in [6.45, 7) is 4.26. The highest BCUT2D eigenvalue weighted by Gasteiger charge is 2.51. The Balaban J connectivity index is 1.90. The first-order valence-electron chi connectivity index (χ1n) is 7.57. The van der Waals surface area contributed by atoms with Crippen LogP contribution in [0.1, 0.15) is 38.7 Å². The van der Waals surface area contributed by atoms with Crippen LogP contribution in [0.15, 0.2) is 24.5 Å². The summed E-state index contributed by atoms with van der Waals surface area (Å²) in [5, 5.41) is 2.94. The van der Waals surface area contributed by atoms with Gasteiger partial charge in [-0.15, -0.1) is 0 Å². The molecule has 1 aromatic heterocycles. The predicted octanol–water partition coefficient (Wildman–Crippen LogP) is 1.49. The van der Waals surface area contributed by atoms with Gasteiger partial charge in [-0.1, -0.05) is 6.92 Å². The summed E-state index contributed by atoms with van der Waals surface area (Å²) in [5.74, 6) is 0.344. The fourth-order valence-electron chi connectivity index (χ4n) is 2.92. The molecular formula is C16H21N3O2. The molecule has 0 aromatic carbocycles. The predicted molar refractivity (Wildman–Crippen MR) is 78.1 cm³/mol. The van der Waals surface area contributed by atoms with Crippen molar-refractivity contribution >= 4 is 11.8 Å². The van der Waals surface area contributed by atoms with Gasteiger partial charge in [0.2, 0.25) is 11.8 Å². The molecule has 5 nitrogen and oxygen atoms in total. The zero-order valence-electron chi connectivity index (χ0n) is 12.5. The summed E-state index contributed by atoms with van der Waals surface area (Å²) in [6, 6.07) is 3.45. The van der Waals surface area contributed by atoms with Crippen LogP contribution >= 0.6 is 0 Å². The zero-order valence-corrected chi connectivity index (χ0v) is 12.5. The molecule has 21 heavy (non-hydrogen) atoms. The van der Waals surface area contributed by atoms with E-state index in [1.54, 1.807) is 17.3 Å². The van der Waals surface area contributed by atoms with E-state index >= 15 is 0 Å². The maximum absolute atomic E-state index is 12.8. The van der Waals surface area contributed by atoms with Crippen molar-refractivity contribution in [3.8, 4) is 0 Å². The van der Waals surface area contributed by atoms with E-state index < -0.39 is 5.54 Å². The van der Waals surface area contributed by atoms with Crippen molar-refractivity contribution in [1.82, 2.24) is 15.2 Å². The Morgan fingerprint density at radius 1 is 1.33 bits per heavy atom. The standard InChI is InChI=1S/C16H21N3O2/c1-3-16(2)15(21)18-13(12-4-5-12)14(20)19(16)10-11-6-8-17-9-7-11/h6-9,12-13H,3-5,10H2,1-2H3,(H,18,21). The number of piperazine rings is 1. The first kappa shape index (κ1) is 14.0. The summed E-state index contributed by atoms with van der Waals surface area (Å²) < 4.78 is 0. The second kappa shape index (κ2) is 5.13. The highest BCUT2D eigenvalue weighted by molar-refractivity contribution is 5.99. The Labute approximate surface area is 124 Å². The number of aromatic nitrogens is 1. The van der Waals surface area contributed by atoms with Crippen molar-refractivity contribution < 1.29 is 9.59 Å². The van der Waals surface area contributed by atoms with Crippen LogP contribution in [0.25, 0.3) is 0 Å². The quantitative estimate of drug-likeness (QED) is 0.912. The van der Waals surface area contributed by atoms with E-state index in [-0.39, 0.29) is 17.9 Å². The van der Waals surface area contributed by atoms with E-state index in [0.717, 1.165) is 18.4 Å². The zero-order chi connectivity index (χ0) is 15.0. The van der Waals surface area contributed by atoms with E-state index in [9.17, 15) is 9.59 Å². The lowest BCUT2D eigenvalue weighted by molar-refractivity contribution is -0.158. The molecule has 3 rings (SSSR count). The molecule has 2 fully saturated rings. The number of rotatable bonds is 4. The molecule has 1 saturated heterocycles. The monoisotopic (exact) mass is 287 g/mol. The van der Waals surface area contributed by atoms with Crippen LogP contribution < -0.4 is 5.32 Å². The van der Waals surface area contributed by atoms with Gasteiger partial charge in [0.05, 0.1) is 0 Å². The first-order chi connectivity index (χ1) is 10.1. The average molecular weight is 287 g/mol. The van der Waals surface area contributed by atoms with Crippen molar-refractivity contribution in [2.75, 3.05) is 0 Å². The Hall–Kier alpha value is -1.91. The minimum Gasteiger partial charge on any atom is -0.342 e. The van der Waals surface area contributed by atoms with Gasteiger partial charge >= 0.3 is 0 Å². The SMILES string of the molecule is CCC1(C)C(=O)NC(C2CC2)C(=O)N1Cc1ccncc1. The van der Waals surface area contributed by atoms with E-state index in [2.05, 4.69) is 10.3 Å². The molecule has 1 aliphatic heterocycles. The Morgan fingerprint density at radius 3 is 2.57 bits per heavy atom. The van der Waals surface area contributed by atoms with E-state index in [1.807, 2.05) is 26.0 Å². The topological polar surface area (TPSA) is 62.3 Å². The molecule has 1 N–H and O–H groups in total. The van der Waals surface area contributed by atoms with Gasteiger partial charge in [0.25, 0.3) is 0 Å². The van der Waals surface area contributed by atoms with E-state index in [1.165, 1.54) is 0 Å². The number of carbonyl (C=O) groups excluding carboxylic acids is 2. The van der Waals surface area contributed by atoms with Crippen LogP contribution in [0, 0.1) is 5.92 Å². The highest BCUT2D eigenvalue weighted by atomic mass is 16.2. The van der Waals surface area contributed by atoms with Gasteiger partial charge in [-0.3, -0.25) is 14.6 Å². The summed E-state index contributed by atoms with van der Waals surface area (Å²) in [4.78, 5) is 31.1. The minimum atomic E-state index is -0.772. The van der Waals surface area contributed by atoms with Gasteiger partial charge in [0.1, 0.15) is 11.6 Å². The van der Waals surface area contributed by atoms with Crippen LogP contribution in [-0.2, 0) is 16.1 Å². The molecule has 2 atom stereocenters. The van der Waals surface area contributed by atoms with Crippen molar-refractivity contribution in [3.05, 3.63) is 30.1 Å². The Morgan fingerprint density at radius 2 is 2.00 bits per heavy atom. The fourth-order valence-corrected chi connectivity index (χ4v) is 2.92. The van der Waals surface area contributed by atoms with Crippen molar-refractivity contribution in [2.45, 2.75) is 51.2 Å². The third-order valence-corrected chi connectivity index (χ3v) is 4.78. The molecule has 112 valence electrons. The van der Waals surface area contributed by atoms with Gasteiger partial charge in [0, 0.05) is 18.9 Å². The maximum atomic E-state index is 12.8. The fraction of sp³-hybridized carbons (Fsp3) is 0.562. The third-order valence-electron chi connectivity index (χ3n) is 4.78. The van der Waals surface area contributed by atoms with Gasteiger partial charge in [-0.25, -0.2) is 0 Å². The number of carbonyl (C=O) groups is 2. The molecule has 2 amide bonds. The molecule has 0 spiro atoms. The second-order valence-electron chi connectivity index (χ2n) is 6.20. The molecule has 2 aliphatic rings. The molecule has 5 heteroatoms. The van der Waals surface area contributed by atoms with E-state index in [0.29, 0.717) is 18.9 Å². The van der Waals surface area contributed by atoms with Crippen LogP contribution in [0.5, 0.6) is 0 Å². The number of hydrogen-bond donors (Lipinski definition) is 1. The third kappa shape index (κ3) is 2.41. The molecule has 1 aromatic rings. The Kier molecular flexibility index (Phi) is 3.43. The Bertz CT molecular complexity index is 556. The van der Waals surface area contributed by atoms with Crippen molar-refractivity contribution in [1.29, 1.82) is 0 Å². The number of pyridine rings is 1. The lowest BCUT2D eigenvalue weighted by Crippen LogP contribution is -2.69. The van der Waals surface area contributed by atoms with Gasteiger partial charge in [-0.2, -0.15) is 0 Å². The van der Waals surface area contributed by atoms with Crippen molar-refractivity contribution in [2.24, 2.45) is 5.92 Å². The number of nitrogens with one attached hydrogen (secondary N) is 1. The lowest BCUT2D eigenvalue weighted by Gasteiger charge is -2.46. The first-order valence-corrected chi connectivity index (χ1v) is 7.57. The summed E-state index contributed by atoms with van der Waals surface area (Å²) in [7, 11) is 0. The molecular weight excluding hydrogens is 266 g/mol. The largest absolute Gasteiger partial charge is 0.342 e. The molecule has 1 saturated carbocycles.